The number of hydrogen-bond donors (Lipinski definition) is 1. The van der Waals surface area contributed by atoms with Gasteiger partial charge >= 0.3 is 0 Å². The predicted octanol–water partition coefficient (Wildman–Crippen LogP) is 3.62. The average molecular weight is 509 g/mol. The van der Waals surface area contributed by atoms with Gasteiger partial charge in [0.1, 0.15) is 22.8 Å². The van der Waals surface area contributed by atoms with Crippen LogP contribution in [0, 0.1) is 23.1 Å². The Balaban J connectivity index is 1.13. The molecule has 3 aromatic carbocycles. The minimum Gasteiger partial charge on any atom is -0.380 e. The summed E-state index contributed by atoms with van der Waals surface area (Å²) in [5.41, 5.74) is 0.500. The minimum atomic E-state index is -1.19. The highest BCUT2D eigenvalue weighted by molar-refractivity contribution is 6.16. The number of nitriles is 1. The van der Waals surface area contributed by atoms with Crippen molar-refractivity contribution in [2.45, 2.75) is 36.8 Å². The standard InChI is InChI=1S/C30H25FN4O3/c31-25-13-23(22-4-3-20-11-18(14-32)1-2-21(20)12-22)5-6-24(25)26-33-29(7-8-29)27(36)35(26)17-19-15-34(16-19)28(37)30(38)9-10-30/h1-6,11-13,19,38H,7-10,15-17H2. The Bertz CT molecular complexity index is 1610. The summed E-state index contributed by atoms with van der Waals surface area (Å²) in [5, 5.41) is 21.1. The molecule has 0 unspecified atom stereocenters. The van der Waals surface area contributed by atoms with Crippen molar-refractivity contribution in [3.63, 3.8) is 0 Å². The third-order valence-electron chi connectivity index (χ3n) is 8.26. The van der Waals surface area contributed by atoms with E-state index >= 15 is 4.39 Å². The van der Waals surface area contributed by atoms with Gasteiger partial charge in [0.15, 0.2) is 0 Å². The molecule has 38 heavy (non-hydrogen) atoms. The lowest BCUT2D eigenvalue weighted by Gasteiger charge is -2.42. The first-order valence-corrected chi connectivity index (χ1v) is 13.0. The van der Waals surface area contributed by atoms with Gasteiger partial charge in [-0.05, 0) is 77.9 Å². The number of amides is 2. The number of carbonyl (C=O) groups is 2. The zero-order valence-corrected chi connectivity index (χ0v) is 20.7. The summed E-state index contributed by atoms with van der Waals surface area (Å²) in [5.74, 6) is -0.337. The van der Waals surface area contributed by atoms with Crippen LogP contribution in [0.5, 0.6) is 0 Å². The first-order chi connectivity index (χ1) is 18.3. The Hall–Kier alpha value is -4.09. The van der Waals surface area contributed by atoms with Crippen molar-refractivity contribution in [2.24, 2.45) is 10.9 Å². The molecule has 1 N–H and O–H groups in total. The lowest BCUT2D eigenvalue weighted by molar-refractivity contribution is -0.149. The SMILES string of the molecule is N#Cc1ccc2cc(-c3ccc(C4=NC5(CC5)C(=O)N4CC4CN(C(=O)C5(O)CC5)C4)c(F)c3)ccc2c1. The van der Waals surface area contributed by atoms with Crippen molar-refractivity contribution >= 4 is 28.4 Å². The topological polar surface area (TPSA) is 97.0 Å². The van der Waals surface area contributed by atoms with Crippen LogP contribution in [0.25, 0.3) is 21.9 Å². The van der Waals surface area contributed by atoms with Gasteiger partial charge in [0.2, 0.25) is 0 Å². The first-order valence-electron chi connectivity index (χ1n) is 13.0. The third kappa shape index (κ3) is 3.61. The molecular formula is C30H25FN4O3. The fraction of sp³-hybridized carbons (Fsp3) is 0.333. The smallest absolute Gasteiger partial charge is 0.256 e. The second-order valence-electron chi connectivity index (χ2n) is 11.1. The molecule has 2 aliphatic carbocycles. The molecule has 3 aromatic rings. The molecule has 0 atom stereocenters. The molecule has 8 heteroatoms. The summed E-state index contributed by atoms with van der Waals surface area (Å²) in [4.78, 5) is 33.6. The van der Waals surface area contributed by atoms with Crippen molar-refractivity contribution in [3.8, 4) is 17.2 Å². The van der Waals surface area contributed by atoms with Gasteiger partial charge in [-0.15, -0.1) is 0 Å². The first kappa shape index (κ1) is 23.1. The molecule has 7 nitrogen and oxygen atoms in total. The largest absolute Gasteiger partial charge is 0.380 e. The lowest BCUT2D eigenvalue weighted by atomic mass is 9.97. The third-order valence-corrected chi connectivity index (χ3v) is 8.26. The molecule has 2 aliphatic heterocycles. The molecule has 0 bridgehead atoms. The highest BCUT2D eigenvalue weighted by Gasteiger charge is 2.58. The molecular weight excluding hydrogens is 483 g/mol. The second-order valence-corrected chi connectivity index (χ2v) is 11.1. The molecule has 1 saturated heterocycles. The maximum atomic E-state index is 15.6. The summed E-state index contributed by atoms with van der Waals surface area (Å²) >= 11 is 0. The van der Waals surface area contributed by atoms with Crippen LogP contribution in [0.15, 0.2) is 59.6 Å². The van der Waals surface area contributed by atoms with Crippen LogP contribution in [0.3, 0.4) is 0 Å². The van der Waals surface area contributed by atoms with E-state index < -0.39 is 17.0 Å². The van der Waals surface area contributed by atoms with E-state index in [1.165, 1.54) is 6.07 Å². The van der Waals surface area contributed by atoms with Crippen LogP contribution in [0.2, 0.25) is 0 Å². The van der Waals surface area contributed by atoms with Crippen LogP contribution in [0.4, 0.5) is 4.39 Å². The number of amidine groups is 1. The molecule has 0 aromatic heterocycles. The van der Waals surface area contributed by atoms with E-state index in [-0.39, 0.29) is 17.7 Å². The molecule has 4 aliphatic rings. The summed E-state index contributed by atoms with van der Waals surface area (Å²) in [6.45, 7) is 1.33. The Morgan fingerprint density at radius 2 is 1.71 bits per heavy atom. The molecule has 1 spiro atoms. The molecule has 3 fully saturated rings. The van der Waals surface area contributed by atoms with Gasteiger partial charge in [-0.3, -0.25) is 19.5 Å². The van der Waals surface area contributed by atoms with Crippen molar-refractivity contribution in [2.75, 3.05) is 19.6 Å². The van der Waals surface area contributed by atoms with Gasteiger partial charge in [-0.2, -0.15) is 5.26 Å². The maximum Gasteiger partial charge on any atom is 0.256 e. The van der Waals surface area contributed by atoms with Crippen molar-refractivity contribution < 1.29 is 19.1 Å². The number of carbonyl (C=O) groups excluding carboxylic acids is 2. The van der Waals surface area contributed by atoms with Crippen molar-refractivity contribution in [1.82, 2.24) is 9.80 Å². The summed E-state index contributed by atoms with van der Waals surface area (Å²) < 4.78 is 15.6. The molecule has 2 saturated carbocycles. The number of benzene rings is 3. The van der Waals surface area contributed by atoms with E-state index in [2.05, 4.69) is 6.07 Å². The van der Waals surface area contributed by atoms with Crippen molar-refractivity contribution in [3.05, 3.63) is 71.5 Å². The van der Waals surface area contributed by atoms with Crippen LogP contribution in [-0.4, -0.2) is 63.3 Å². The van der Waals surface area contributed by atoms with E-state index in [4.69, 9.17) is 10.3 Å². The second kappa shape index (κ2) is 7.95. The van der Waals surface area contributed by atoms with E-state index in [0.29, 0.717) is 67.8 Å². The van der Waals surface area contributed by atoms with Crippen LogP contribution < -0.4 is 0 Å². The number of halogens is 1. The predicted molar refractivity (Wildman–Crippen MR) is 139 cm³/mol. The Morgan fingerprint density at radius 1 is 1.03 bits per heavy atom. The normalized spacial score (nSPS) is 20.9. The van der Waals surface area contributed by atoms with Gasteiger partial charge in [0.05, 0.1) is 17.2 Å². The fourth-order valence-electron chi connectivity index (χ4n) is 5.58. The number of hydrogen-bond acceptors (Lipinski definition) is 5. The highest BCUT2D eigenvalue weighted by atomic mass is 19.1. The lowest BCUT2D eigenvalue weighted by Crippen LogP contribution is -2.57. The minimum absolute atomic E-state index is 0.0610. The Morgan fingerprint density at radius 3 is 2.39 bits per heavy atom. The summed E-state index contributed by atoms with van der Waals surface area (Å²) in [6, 6.07) is 18.4. The Labute approximate surface area is 218 Å². The molecule has 7 rings (SSSR count). The Kier molecular flexibility index (Phi) is 4.83. The van der Waals surface area contributed by atoms with Gasteiger partial charge in [-0.25, -0.2) is 4.39 Å². The summed E-state index contributed by atoms with van der Waals surface area (Å²) in [7, 11) is 0. The summed E-state index contributed by atoms with van der Waals surface area (Å²) in [6.07, 6.45) is 2.35. The van der Waals surface area contributed by atoms with E-state index in [1.807, 2.05) is 36.4 Å². The quantitative estimate of drug-likeness (QED) is 0.569. The van der Waals surface area contributed by atoms with Crippen LogP contribution in [0.1, 0.15) is 36.8 Å². The number of likely N-dealkylation sites (tertiary alicyclic amines) is 1. The van der Waals surface area contributed by atoms with Gasteiger partial charge in [0.25, 0.3) is 11.8 Å². The molecule has 0 radical (unpaired) electrons. The number of rotatable bonds is 5. The zero-order chi connectivity index (χ0) is 26.2. The number of aliphatic imine (C=N–C) groups is 1. The number of fused-ring (bicyclic) bond motifs is 1. The fourth-order valence-corrected chi connectivity index (χ4v) is 5.58. The van der Waals surface area contributed by atoms with Crippen molar-refractivity contribution in [1.29, 1.82) is 5.26 Å². The number of nitrogens with zero attached hydrogens (tertiary/aromatic N) is 4. The maximum absolute atomic E-state index is 15.6. The number of aliphatic hydroxyl groups is 1. The monoisotopic (exact) mass is 508 g/mol. The molecule has 2 amide bonds. The van der Waals surface area contributed by atoms with E-state index in [9.17, 15) is 14.7 Å². The zero-order valence-electron chi connectivity index (χ0n) is 20.7. The average Bonchev–Trinajstić information content (AvgIpc) is 3.82. The van der Waals surface area contributed by atoms with Gasteiger partial charge in [0, 0.05) is 25.6 Å². The molecule has 190 valence electrons. The van der Waals surface area contributed by atoms with E-state index in [0.717, 1.165) is 16.3 Å². The van der Waals surface area contributed by atoms with E-state index in [1.54, 1.807) is 21.9 Å². The van der Waals surface area contributed by atoms with Crippen LogP contribution >= 0.6 is 0 Å². The highest BCUT2D eigenvalue weighted by Crippen LogP contribution is 2.47. The van der Waals surface area contributed by atoms with Crippen LogP contribution in [-0.2, 0) is 9.59 Å². The van der Waals surface area contributed by atoms with Gasteiger partial charge in [-0.1, -0.05) is 24.3 Å². The van der Waals surface area contributed by atoms with Gasteiger partial charge < -0.3 is 10.0 Å². The molecule has 2 heterocycles.